The van der Waals surface area contributed by atoms with Crippen LogP contribution in [0.4, 0.5) is 17.6 Å². The first-order chi connectivity index (χ1) is 18.9. The molecule has 3 heterocycles. The number of methoxy groups -OCH3 is 1. The molecule has 4 N–H and O–H groups in total. The van der Waals surface area contributed by atoms with Gasteiger partial charge in [-0.1, -0.05) is 6.07 Å². The van der Waals surface area contributed by atoms with Crippen LogP contribution < -0.4 is 20.5 Å². The number of halogens is 4. The molecule has 1 aliphatic rings. The van der Waals surface area contributed by atoms with E-state index in [1.807, 2.05) is 0 Å². The number of hydrogen-bond donors (Lipinski definition) is 3. The molecule has 2 amide bonds. The number of H-pyrrole nitrogens is 1. The van der Waals surface area contributed by atoms with E-state index in [4.69, 9.17) is 15.2 Å². The predicted octanol–water partition coefficient (Wildman–Crippen LogP) is 4.59. The molecule has 0 saturated heterocycles. The zero-order chi connectivity index (χ0) is 28.8. The summed E-state index contributed by atoms with van der Waals surface area (Å²) in [4.78, 5) is 32.3. The number of rotatable bonds is 7. The molecule has 0 radical (unpaired) electrons. The molecule has 208 valence electrons. The number of nitrogens with one attached hydrogen (secondary N) is 2. The molecule has 0 spiro atoms. The Balaban J connectivity index is 1.53. The maximum absolute atomic E-state index is 14.4. The Labute approximate surface area is 225 Å². The van der Waals surface area contributed by atoms with Crippen LogP contribution in [0, 0.1) is 5.82 Å². The summed E-state index contributed by atoms with van der Waals surface area (Å²) in [6.45, 7) is 0.416. The number of nitrogens with zero attached hydrogens (tertiary/aromatic N) is 1. The van der Waals surface area contributed by atoms with E-state index in [9.17, 15) is 27.2 Å². The van der Waals surface area contributed by atoms with Crippen molar-refractivity contribution in [3.63, 3.8) is 0 Å². The predicted molar refractivity (Wildman–Crippen MR) is 138 cm³/mol. The van der Waals surface area contributed by atoms with Crippen LogP contribution in [0.25, 0.3) is 22.2 Å². The minimum Gasteiger partial charge on any atom is -0.496 e. The molecule has 8 nitrogen and oxygen atoms in total. The van der Waals surface area contributed by atoms with Crippen LogP contribution in [0.5, 0.6) is 11.5 Å². The van der Waals surface area contributed by atoms with Gasteiger partial charge in [-0.3, -0.25) is 9.59 Å². The minimum absolute atomic E-state index is 0.000707. The molecule has 2 aromatic heterocycles. The van der Waals surface area contributed by atoms with Crippen molar-refractivity contribution in [1.29, 1.82) is 0 Å². The van der Waals surface area contributed by atoms with E-state index in [1.165, 1.54) is 32.2 Å². The quantitative estimate of drug-likeness (QED) is 0.288. The second-order valence-corrected chi connectivity index (χ2v) is 9.67. The van der Waals surface area contributed by atoms with Gasteiger partial charge in [-0.15, -0.1) is 0 Å². The minimum atomic E-state index is -4.83. The summed E-state index contributed by atoms with van der Waals surface area (Å²) in [6.07, 6.45) is -4.83. The van der Waals surface area contributed by atoms with Gasteiger partial charge in [0.1, 0.15) is 46.6 Å². The Morgan fingerprint density at radius 1 is 1.20 bits per heavy atom. The van der Waals surface area contributed by atoms with Crippen molar-refractivity contribution in [1.82, 2.24) is 15.3 Å². The van der Waals surface area contributed by atoms with Crippen LogP contribution in [0.3, 0.4) is 0 Å². The topological polar surface area (TPSA) is 119 Å². The molecule has 0 saturated carbocycles. The average Bonchev–Trinajstić information content (AvgIpc) is 3.50. The smallest absolute Gasteiger partial charge is 0.398 e. The maximum Gasteiger partial charge on any atom is 0.398 e. The third-order valence-electron chi connectivity index (χ3n) is 7.06. The Kier molecular flexibility index (Phi) is 6.64. The maximum atomic E-state index is 14.4. The first-order valence-electron chi connectivity index (χ1n) is 12.2. The summed E-state index contributed by atoms with van der Waals surface area (Å²) in [5.41, 5.74) is 4.76. The van der Waals surface area contributed by atoms with Crippen LogP contribution in [-0.4, -0.2) is 48.2 Å². The number of amides is 2. The molecule has 1 aliphatic heterocycles. The zero-order valence-corrected chi connectivity index (χ0v) is 21.4. The standard InChI is InChI=1S/C28H24F4N4O4/c1-27(26(33)38)13-40-24-17(27)11-20(36-23(24)14-6-8-15(29)9-7-14)18(28(30,31)32)12-34-25(37)21-10-16-19(35-21)4-3-5-22(16)39-2/h3-11,18,35H,12-13H2,1-2H3,(H2,33,38)(H,34,37)/t18?,27-/m0/s1. The monoisotopic (exact) mass is 556 g/mol. The fraction of sp³-hybridized carbons (Fsp3) is 0.250. The molecule has 4 aromatic rings. The van der Waals surface area contributed by atoms with E-state index < -0.39 is 47.4 Å². The average molecular weight is 557 g/mol. The van der Waals surface area contributed by atoms with E-state index in [0.29, 0.717) is 16.7 Å². The number of fused-ring (bicyclic) bond motifs is 2. The summed E-state index contributed by atoms with van der Waals surface area (Å²) in [5, 5.41) is 2.93. The lowest BCUT2D eigenvalue weighted by atomic mass is 9.82. The number of ether oxygens (including phenoxy) is 2. The molecule has 12 heteroatoms. The van der Waals surface area contributed by atoms with Gasteiger partial charge in [0, 0.05) is 28.6 Å². The highest BCUT2D eigenvalue weighted by atomic mass is 19.4. The lowest BCUT2D eigenvalue weighted by Gasteiger charge is -2.24. The molecule has 2 atom stereocenters. The number of hydrogen-bond acceptors (Lipinski definition) is 5. The SMILES string of the molecule is COc1cccc2[nH]c(C(=O)NCC(c3cc4c(c(-c5ccc(F)cc5)n3)OC[C@]4(C)C(N)=O)C(F)(F)F)cc12. The first kappa shape index (κ1) is 27.0. The van der Waals surface area contributed by atoms with Gasteiger partial charge in [0.25, 0.3) is 5.91 Å². The number of alkyl halides is 3. The summed E-state index contributed by atoms with van der Waals surface area (Å²) >= 11 is 0. The summed E-state index contributed by atoms with van der Waals surface area (Å²) < 4.78 is 67.8. The van der Waals surface area contributed by atoms with Crippen molar-refractivity contribution in [2.75, 3.05) is 20.3 Å². The highest BCUT2D eigenvalue weighted by molar-refractivity contribution is 5.99. The number of primary amides is 1. The van der Waals surface area contributed by atoms with Crippen LogP contribution >= 0.6 is 0 Å². The van der Waals surface area contributed by atoms with E-state index in [2.05, 4.69) is 15.3 Å². The fourth-order valence-electron chi connectivity index (χ4n) is 4.69. The molecule has 1 unspecified atom stereocenters. The van der Waals surface area contributed by atoms with Gasteiger partial charge in [0.2, 0.25) is 5.91 Å². The lowest BCUT2D eigenvalue weighted by molar-refractivity contribution is -0.149. The Morgan fingerprint density at radius 2 is 1.93 bits per heavy atom. The van der Waals surface area contributed by atoms with Crippen molar-refractivity contribution in [3.8, 4) is 22.8 Å². The highest BCUT2D eigenvalue weighted by Crippen LogP contribution is 2.46. The van der Waals surface area contributed by atoms with Crippen LogP contribution in [-0.2, 0) is 10.2 Å². The van der Waals surface area contributed by atoms with Crippen molar-refractivity contribution < 1.29 is 36.6 Å². The summed E-state index contributed by atoms with van der Waals surface area (Å²) in [6, 6.07) is 12.7. The normalized spacial score (nSPS) is 17.2. The summed E-state index contributed by atoms with van der Waals surface area (Å²) in [7, 11) is 1.47. The number of aromatic nitrogens is 2. The third-order valence-corrected chi connectivity index (χ3v) is 7.06. The second kappa shape index (κ2) is 9.85. The Morgan fingerprint density at radius 3 is 2.58 bits per heavy atom. The lowest BCUT2D eigenvalue weighted by Crippen LogP contribution is -2.40. The van der Waals surface area contributed by atoms with E-state index in [-0.39, 0.29) is 34.9 Å². The van der Waals surface area contributed by atoms with Gasteiger partial charge in [-0.05, 0) is 55.5 Å². The molecular weight excluding hydrogens is 532 g/mol. The van der Waals surface area contributed by atoms with Gasteiger partial charge < -0.3 is 25.5 Å². The number of benzene rings is 2. The molecular formula is C28H24F4N4O4. The van der Waals surface area contributed by atoms with E-state index in [1.54, 1.807) is 18.2 Å². The Hall–Kier alpha value is -4.61. The van der Waals surface area contributed by atoms with Crippen molar-refractivity contribution >= 4 is 22.7 Å². The molecule has 5 rings (SSSR count). The summed E-state index contributed by atoms with van der Waals surface area (Å²) in [5.74, 6) is -3.77. The highest BCUT2D eigenvalue weighted by Gasteiger charge is 2.47. The van der Waals surface area contributed by atoms with Gasteiger partial charge in [-0.2, -0.15) is 13.2 Å². The molecule has 40 heavy (non-hydrogen) atoms. The van der Waals surface area contributed by atoms with Crippen molar-refractivity contribution in [2.45, 2.75) is 24.4 Å². The van der Waals surface area contributed by atoms with Gasteiger partial charge in [0.05, 0.1) is 12.8 Å². The molecule has 2 aromatic carbocycles. The molecule has 0 bridgehead atoms. The largest absolute Gasteiger partial charge is 0.496 e. The van der Waals surface area contributed by atoms with Gasteiger partial charge >= 0.3 is 6.18 Å². The molecule has 0 aliphatic carbocycles. The number of carbonyl (C=O) groups excluding carboxylic acids is 2. The number of carbonyl (C=O) groups is 2. The third kappa shape index (κ3) is 4.69. The second-order valence-electron chi connectivity index (χ2n) is 9.67. The number of nitrogens with two attached hydrogens (primary N) is 1. The van der Waals surface area contributed by atoms with Gasteiger partial charge in [-0.25, -0.2) is 9.37 Å². The molecule has 0 fully saturated rings. The van der Waals surface area contributed by atoms with Gasteiger partial charge in [0.15, 0.2) is 0 Å². The Bertz CT molecular complexity index is 1620. The zero-order valence-electron chi connectivity index (χ0n) is 21.4. The van der Waals surface area contributed by atoms with E-state index in [0.717, 1.165) is 18.2 Å². The van der Waals surface area contributed by atoms with Crippen LogP contribution in [0.2, 0.25) is 0 Å². The number of aromatic amines is 1. The van der Waals surface area contributed by atoms with Crippen LogP contribution in [0.1, 0.15) is 34.6 Å². The number of pyridine rings is 1. The van der Waals surface area contributed by atoms with Crippen molar-refractivity contribution in [2.24, 2.45) is 5.73 Å². The van der Waals surface area contributed by atoms with E-state index >= 15 is 0 Å². The van der Waals surface area contributed by atoms with Crippen molar-refractivity contribution in [3.05, 3.63) is 77.4 Å². The fourth-order valence-corrected chi connectivity index (χ4v) is 4.69. The first-order valence-corrected chi connectivity index (χ1v) is 12.2. The van der Waals surface area contributed by atoms with Crippen LogP contribution in [0.15, 0.2) is 54.6 Å².